The Kier molecular flexibility index (Phi) is 6.84. The first-order valence-electron chi connectivity index (χ1n) is 7.71. The molecule has 0 bridgehead atoms. The van der Waals surface area contributed by atoms with Gasteiger partial charge in [0.05, 0.1) is 0 Å². The lowest BCUT2D eigenvalue weighted by atomic mass is 9.88. The van der Waals surface area contributed by atoms with Gasteiger partial charge in [0.25, 0.3) is 0 Å². The van der Waals surface area contributed by atoms with Gasteiger partial charge in [0, 0.05) is 23.7 Å². The summed E-state index contributed by atoms with van der Waals surface area (Å²) in [7, 11) is 0. The molecule has 0 aliphatic heterocycles. The van der Waals surface area contributed by atoms with Gasteiger partial charge in [0.15, 0.2) is 0 Å². The van der Waals surface area contributed by atoms with Crippen molar-refractivity contribution < 1.29 is 0 Å². The van der Waals surface area contributed by atoms with Crippen LogP contribution in [-0.2, 0) is 0 Å². The first kappa shape index (κ1) is 16.1. The summed E-state index contributed by atoms with van der Waals surface area (Å²) in [5, 5.41) is 3.61. The Morgan fingerprint density at radius 3 is 2.14 bits per heavy atom. The van der Waals surface area contributed by atoms with Crippen molar-refractivity contribution in [2.75, 3.05) is 18.8 Å². The quantitative estimate of drug-likeness (QED) is 0.554. The van der Waals surface area contributed by atoms with Crippen molar-refractivity contribution in [2.45, 2.75) is 24.7 Å². The van der Waals surface area contributed by atoms with E-state index >= 15 is 0 Å². The van der Waals surface area contributed by atoms with Crippen molar-refractivity contribution in [3.63, 3.8) is 0 Å². The van der Waals surface area contributed by atoms with E-state index in [1.165, 1.54) is 10.5 Å². The first-order valence-corrected chi connectivity index (χ1v) is 8.69. The van der Waals surface area contributed by atoms with Crippen molar-refractivity contribution in [1.29, 1.82) is 0 Å². The number of hydrogen-bond acceptors (Lipinski definition) is 2. The third kappa shape index (κ3) is 5.56. The molecule has 2 aromatic rings. The number of benzene rings is 2. The normalized spacial score (nSPS) is 12.5. The fourth-order valence-corrected chi connectivity index (χ4v) is 3.29. The van der Waals surface area contributed by atoms with E-state index in [-0.39, 0.29) is 0 Å². The molecule has 112 valence electrons. The maximum Gasteiger partial charge on any atom is 0.0106 e. The van der Waals surface area contributed by atoms with Gasteiger partial charge in [-0.2, -0.15) is 0 Å². The summed E-state index contributed by atoms with van der Waals surface area (Å²) in [6, 6.07) is 21.4. The number of nitrogens with one attached hydrogen (secondary N) is 1. The van der Waals surface area contributed by atoms with Gasteiger partial charge in [-0.25, -0.2) is 0 Å². The van der Waals surface area contributed by atoms with E-state index in [1.54, 1.807) is 0 Å². The Hall–Kier alpha value is -1.25. The van der Waals surface area contributed by atoms with E-state index in [2.05, 4.69) is 79.8 Å². The van der Waals surface area contributed by atoms with Crippen LogP contribution in [0.1, 0.15) is 25.3 Å². The number of thioether (sulfide) groups is 1. The minimum atomic E-state index is 0.591. The van der Waals surface area contributed by atoms with Crippen molar-refractivity contribution >= 4 is 11.8 Å². The van der Waals surface area contributed by atoms with Crippen LogP contribution in [0.4, 0.5) is 0 Å². The molecule has 0 aromatic heterocycles. The molecule has 0 amide bonds. The van der Waals surface area contributed by atoms with Crippen molar-refractivity contribution in [1.82, 2.24) is 5.32 Å². The van der Waals surface area contributed by atoms with Gasteiger partial charge in [-0.05, 0) is 29.5 Å². The minimum Gasteiger partial charge on any atom is -0.315 e. The topological polar surface area (TPSA) is 12.0 Å². The first-order chi connectivity index (χ1) is 10.3. The summed E-state index contributed by atoms with van der Waals surface area (Å²) in [6.45, 7) is 6.71. The number of rotatable bonds is 8. The molecule has 0 aliphatic rings. The Morgan fingerprint density at radius 1 is 0.905 bits per heavy atom. The largest absolute Gasteiger partial charge is 0.315 e. The molecule has 0 saturated heterocycles. The fraction of sp³-hybridized carbons (Fsp3) is 0.368. The van der Waals surface area contributed by atoms with E-state index in [4.69, 9.17) is 0 Å². The molecule has 2 heteroatoms. The van der Waals surface area contributed by atoms with Gasteiger partial charge in [-0.15, -0.1) is 11.8 Å². The molecule has 0 radical (unpaired) electrons. The maximum atomic E-state index is 3.61. The predicted octanol–water partition coefficient (Wildman–Crippen LogP) is 4.81. The third-order valence-electron chi connectivity index (χ3n) is 3.69. The summed E-state index contributed by atoms with van der Waals surface area (Å²) in [5.41, 5.74) is 1.44. The zero-order chi connectivity index (χ0) is 14.9. The highest BCUT2D eigenvalue weighted by molar-refractivity contribution is 7.99. The second-order valence-corrected chi connectivity index (χ2v) is 6.80. The van der Waals surface area contributed by atoms with E-state index in [0.29, 0.717) is 11.8 Å². The molecule has 1 atom stereocenters. The number of hydrogen-bond donors (Lipinski definition) is 1. The van der Waals surface area contributed by atoms with Crippen molar-refractivity contribution in [3.8, 4) is 0 Å². The second-order valence-electron chi connectivity index (χ2n) is 5.63. The van der Waals surface area contributed by atoms with E-state index in [1.807, 2.05) is 11.8 Å². The molecule has 1 unspecified atom stereocenters. The Bertz CT molecular complexity index is 495. The molecule has 0 saturated carbocycles. The highest BCUT2D eigenvalue weighted by Crippen LogP contribution is 2.23. The van der Waals surface area contributed by atoms with Crippen LogP contribution in [0.15, 0.2) is 65.6 Å². The van der Waals surface area contributed by atoms with Crippen LogP contribution in [0.2, 0.25) is 0 Å². The van der Waals surface area contributed by atoms with Gasteiger partial charge in [-0.3, -0.25) is 0 Å². The summed E-state index contributed by atoms with van der Waals surface area (Å²) in [4.78, 5) is 1.35. The molecular weight excluding hydrogens is 274 g/mol. The highest BCUT2D eigenvalue weighted by Gasteiger charge is 2.14. The van der Waals surface area contributed by atoms with Gasteiger partial charge < -0.3 is 5.32 Å². The molecule has 21 heavy (non-hydrogen) atoms. The highest BCUT2D eigenvalue weighted by atomic mass is 32.2. The van der Waals surface area contributed by atoms with Crippen LogP contribution >= 0.6 is 11.8 Å². The van der Waals surface area contributed by atoms with Gasteiger partial charge in [-0.1, -0.05) is 62.4 Å². The fourth-order valence-electron chi connectivity index (χ4n) is 2.45. The van der Waals surface area contributed by atoms with E-state index in [9.17, 15) is 0 Å². The smallest absolute Gasteiger partial charge is 0.0106 e. The molecule has 0 spiro atoms. The molecule has 2 aromatic carbocycles. The molecule has 1 nitrogen and oxygen atoms in total. The van der Waals surface area contributed by atoms with Crippen molar-refractivity contribution in [2.24, 2.45) is 5.92 Å². The zero-order valence-corrected chi connectivity index (χ0v) is 13.8. The predicted molar refractivity (Wildman–Crippen MR) is 94.1 cm³/mol. The van der Waals surface area contributed by atoms with Gasteiger partial charge >= 0.3 is 0 Å². The van der Waals surface area contributed by atoms with E-state index in [0.717, 1.165) is 18.8 Å². The molecule has 0 heterocycles. The molecular formula is C19H25NS. The Morgan fingerprint density at radius 2 is 1.52 bits per heavy atom. The van der Waals surface area contributed by atoms with Crippen LogP contribution < -0.4 is 5.32 Å². The molecule has 1 N–H and O–H groups in total. The lowest BCUT2D eigenvalue weighted by Crippen LogP contribution is -2.26. The van der Waals surface area contributed by atoms with Gasteiger partial charge in [0.1, 0.15) is 0 Å². The summed E-state index contributed by atoms with van der Waals surface area (Å²) < 4.78 is 0. The molecule has 2 rings (SSSR count). The molecule has 0 aliphatic carbocycles. The van der Waals surface area contributed by atoms with E-state index < -0.39 is 0 Å². The zero-order valence-electron chi connectivity index (χ0n) is 13.0. The summed E-state index contributed by atoms with van der Waals surface area (Å²) in [5.74, 6) is 2.36. The van der Waals surface area contributed by atoms with Crippen LogP contribution in [0.3, 0.4) is 0 Å². The van der Waals surface area contributed by atoms with Crippen LogP contribution in [0.5, 0.6) is 0 Å². The lowest BCUT2D eigenvalue weighted by molar-refractivity contribution is 0.468. The van der Waals surface area contributed by atoms with Gasteiger partial charge in [0.2, 0.25) is 0 Å². The lowest BCUT2D eigenvalue weighted by Gasteiger charge is -2.22. The third-order valence-corrected chi connectivity index (χ3v) is 4.70. The summed E-state index contributed by atoms with van der Waals surface area (Å²) in [6.07, 6.45) is 0. The second kappa shape index (κ2) is 8.91. The average molecular weight is 299 g/mol. The van der Waals surface area contributed by atoms with Crippen molar-refractivity contribution in [3.05, 3.63) is 66.2 Å². The SMILES string of the molecule is CC(C)C(CNCCSc1ccccc1)c1ccccc1. The monoisotopic (exact) mass is 299 g/mol. The minimum absolute atomic E-state index is 0.591. The average Bonchev–Trinajstić information content (AvgIpc) is 2.52. The van der Waals surface area contributed by atoms with Crippen LogP contribution in [0.25, 0.3) is 0 Å². The Balaban J connectivity index is 1.73. The van der Waals surface area contributed by atoms with Crippen LogP contribution in [-0.4, -0.2) is 18.8 Å². The summed E-state index contributed by atoms with van der Waals surface area (Å²) >= 11 is 1.91. The molecule has 0 fully saturated rings. The Labute approximate surface area is 133 Å². The standard InChI is InChI=1S/C19H25NS/c1-16(2)19(17-9-5-3-6-10-17)15-20-13-14-21-18-11-7-4-8-12-18/h3-12,16,19-20H,13-15H2,1-2H3. The van der Waals surface area contributed by atoms with Crippen LogP contribution in [0, 0.1) is 5.92 Å². The maximum absolute atomic E-state index is 3.61.